The van der Waals surface area contributed by atoms with Crippen LogP contribution in [0, 0.1) is 0 Å². The fourth-order valence-corrected chi connectivity index (χ4v) is 6.77. The molecule has 0 unspecified atom stereocenters. The van der Waals surface area contributed by atoms with Crippen LogP contribution >= 0.6 is 22.6 Å². The fourth-order valence-electron chi connectivity index (χ4n) is 3.57. The first kappa shape index (κ1) is 31.0. The van der Waals surface area contributed by atoms with Crippen LogP contribution in [0.1, 0.15) is 67.7 Å². The lowest BCUT2D eigenvalue weighted by Gasteiger charge is -2.42. The molecule has 0 saturated carbocycles. The van der Waals surface area contributed by atoms with Gasteiger partial charge in [0, 0.05) is 37.1 Å². The maximum atomic E-state index is 6.94. The molecular weight excluding hydrogens is 551 g/mol. The summed E-state index contributed by atoms with van der Waals surface area (Å²) in [5.74, 6) is 0. The molecule has 1 saturated heterocycles. The highest BCUT2D eigenvalue weighted by Gasteiger charge is 2.47. The topological polar surface area (TPSA) is 46.2 Å². The summed E-state index contributed by atoms with van der Waals surface area (Å²) >= 11 is 2.39. The minimum atomic E-state index is -1.92. The van der Waals surface area contributed by atoms with Crippen LogP contribution in [0.15, 0.2) is 0 Å². The zero-order valence-corrected chi connectivity index (χ0v) is 27.1. The highest BCUT2D eigenvalue weighted by Crippen LogP contribution is 2.42. The van der Waals surface area contributed by atoms with Crippen molar-refractivity contribution in [2.24, 2.45) is 0 Å². The number of halogens is 1. The molecule has 0 aromatic rings. The third-order valence-electron chi connectivity index (χ3n) is 7.67. The van der Waals surface area contributed by atoms with Gasteiger partial charge in [0.2, 0.25) is 0 Å². The predicted molar refractivity (Wildman–Crippen MR) is 148 cm³/mol. The summed E-state index contributed by atoms with van der Waals surface area (Å²) in [6.07, 6.45) is 2.89. The third-order valence-corrected chi connectivity index (χ3v) is 17.6. The van der Waals surface area contributed by atoms with Gasteiger partial charge in [-0.2, -0.15) is 0 Å². The summed E-state index contributed by atoms with van der Waals surface area (Å²) in [5, 5.41) is 0.376. The van der Waals surface area contributed by atoms with Gasteiger partial charge in [0.1, 0.15) is 6.79 Å². The Kier molecular flexibility index (Phi) is 11.4. The van der Waals surface area contributed by atoms with E-state index in [1.54, 1.807) is 7.11 Å². The van der Waals surface area contributed by atoms with E-state index in [1.165, 1.54) is 0 Å². The average molecular weight is 603 g/mol. The van der Waals surface area contributed by atoms with Crippen molar-refractivity contribution in [2.75, 3.05) is 24.9 Å². The highest BCUT2D eigenvalue weighted by atomic mass is 127. The molecule has 1 rings (SSSR count). The molecule has 0 aliphatic carbocycles. The predicted octanol–water partition coefficient (Wildman–Crippen LogP) is 7.15. The molecular formula is C24H51IO5Si2. The van der Waals surface area contributed by atoms with Crippen molar-refractivity contribution >= 4 is 39.2 Å². The first-order valence-corrected chi connectivity index (χ1v) is 19.4. The monoisotopic (exact) mass is 602 g/mol. The lowest BCUT2D eigenvalue weighted by Crippen LogP contribution is -2.47. The number of hydrogen-bond donors (Lipinski definition) is 0. The van der Waals surface area contributed by atoms with E-state index in [0.717, 1.165) is 30.3 Å². The lowest BCUT2D eigenvalue weighted by molar-refractivity contribution is -0.0958. The molecule has 1 aliphatic rings. The van der Waals surface area contributed by atoms with E-state index in [0.29, 0.717) is 6.79 Å². The second kappa shape index (κ2) is 11.8. The van der Waals surface area contributed by atoms with Crippen molar-refractivity contribution < 1.29 is 23.1 Å². The van der Waals surface area contributed by atoms with Crippen LogP contribution in [0.4, 0.5) is 0 Å². The van der Waals surface area contributed by atoms with E-state index in [2.05, 4.69) is 97.2 Å². The zero-order valence-electron chi connectivity index (χ0n) is 22.9. The van der Waals surface area contributed by atoms with E-state index in [-0.39, 0.29) is 34.0 Å². The smallest absolute Gasteiger partial charge is 0.192 e. The number of methoxy groups -OCH3 is 1. The van der Waals surface area contributed by atoms with Crippen molar-refractivity contribution in [3.8, 4) is 0 Å². The van der Waals surface area contributed by atoms with E-state index in [9.17, 15) is 0 Å². The van der Waals surface area contributed by atoms with E-state index in [4.69, 9.17) is 23.1 Å². The normalized spacial score (nSPS) is 26.5. The summed E-state index contributed by atoms with van der Waals surface area (Å²) in [4.78, 5) is 0. The standard InChI is InChI=1S/C24H51IO5Si2/c1-22(2,3)31(9,10)28-14-13-19(30-32(11,12)23(4,5)6)15-24(7)16-20(27-18-26-8)21(17-25)29-24/h19-21H,13-18H2,1-12H3/t19-,20+,21-,24+/m1/s1. The Morgan fingerprint density at radius 2 is 1.59 bits per heavy atom. The summed E-state index contributed by atoms with van der Waals surface area (Å²) in [6, 6.07) is 0. The molecule has 0 radical (unpaired) electrons. The van der Waals surface area contributed by atoms with Gasteiger partial charge in [-0.05, 0) is 49.6 Å². The minimum absolute atomic E-state index is 0.0638. The Morgan fingerprint density at radius 3 is 2.06 bits per heavy atom. The van der Waals surface area contributed by atoms with Crippen LogP contribution in [0.25, 0.3) is 0 Å². The number of hydrogen-bond acceptors (Lipinski definition) is 5. The number of alkyl halides is 1. The minimum Gasteiger partial charge on any atom is -0.417 e. The third kappa shape index (κ3) is 8.88. The molecule has 0 bridgehead atoms. The number of rotatable bonds is 12. The molecule has 1 aliphatic heterocycles. The molecule has 0 spiro atoms. The van der Waals surface area contributed by atoms with Gasteiger partial charge in [-0.3, -0.25) is 0 Å². The first-order chi connectivity index (χ1) is 14.4. The van der Waals surface area contributed by atoms with Crippen molar-refractivity contribution in [2.45, 2.75) is 128 Å². The van der Waals surface area contributed by atoms with Gasteiger partial charge in [-0.1, -0.05) is 64.1 Å². The Hall–Kier alpha value is 0.964. The second-order valence-electron chi connectivity index (χ2n) is 12.7. The largest absolute Gasteiger partial charge is 0.417 e. The number of ether oxygens (including phenoxy) is 3. The maximum Gasteiger partial charge on any atom is 0.192 e. The molecule has 0 aromatic carbocycles. The summed E-state index contributed by atoms with van der Waals surface area (Å²) in [7, 11) is -2.04. The van der Waals surface area contributed by atoms with Gasteiger partial charge >= 0.3 is 0 Å². The Labute approximate surface area is 214 Å². The van der Waals surface area contributed by atoms with Crippen LogP contribution in [0.5, 0.6) is 0 Å². The zero-order chi connectivity index (χ0) is 25.0. The lowest BCUT2D eigenvalue weighted by atomic mass is 9.92. The first-order valence-electron chi connectivity index (χ1n) is 12.0. The van der Waals surface area contributed by atoms with Gasteiger partial charge in [0.25, 0.3) is 0 Å². The average Bonchev–Trinajstić information content (AvgIpc) is 2.93. The van der Waals surface area contributed by atoms with Crippen LogP contribution in [-0.4, -0.2) is 65.5 Å². The molecule has 1 heterocycles. The van der Waals surface area contributed by atoms with Gasteiger partial charge in [-0.25, -0.2) is 0 Å². The maximum absolute atomic E-state index is 6.94. The summed E-state index contributed by atoms with van der Waals surface area (Å²) in [6.45, 7) is 26.4. The Balaban J connectivity index is 2.95. The van der Waals surface area contributed by atoms with Crippen LogP contribution < -0.4 is 0 Å². The molecule has 32 heavy (non-hydrogen) atoms. The van der Waals surface area contributed by atoms with Crippen LogP contribution in [0.2, 0.25) is 36.3 Å². The van der Waals surface area contributed by atoms with E-state index >= 15 is 0 Å². The summed E-state index contributed by atoms with van der Waals surface area (Å²) < 4.78 is 32.0. The Morgan fingerprint density at radius 1 is 1.03 bits per heavy atom. The molecule has 1 fully saturated rings. The summed E-state index contributed by atoms with van der Waals surface area (Å²) in [5.41, 5.74) is -0.266. The van der Waals surface area contributed by atoms with E-state index < -0.39 is 16.6 Å². The van der Waals surface area contributed by atoms with Gasteiger partial charge < -0.3 is 23.1 Å². The molecule has 0 amide bonds. The van der Waals surface area contributed by atoms with Gasteiger partial charge in [-0.15, -0.1) is 0 Å². The van der Waals surface area contributed by atoms with Crippen LogP contribution in [-0.2, 0) is 23.1 Å². The van der Waals surface area contributed by atoms with Crippen LogP contribution in [0.3, 0.4) is 0 Å². The fraction of sp³-hybridized carbons (Fsp3) is 1.00. The molecule has 0 N–H and O–H groups in total. The molecule has 192 valence electrons. The second-order valence-corrected chi connectivity index (χ2v) is 23.1. The van der Waals surface area contributed by atoms with Gasteiger partial charge in [0.05, 0.1) is 17.8 Å². The Bertz CT molecular complexity index is 574. The SMILES string of the molecule is COCO[C@H]1C[C@](C)(C[C@@H](CCO[Si](C)(C)C(C)(C)C)O[Si](C)(C)C(C)(C)C)O[C@@H]1CI. The van der Waals surface area contributed by atoms with Crippen molar-refractivity contribution in [3.63, 3.8) is 0 Å². The molecule has 0 aromatic heterocycles. The van der Waals surface area contributed by atoms with Crippen molar-refractivity contribution in [3.05, 3.63) is 0 Å². The van der Waals surface area contributed by atoms with Crippen molar-refractivity contribution in [1.29, 1.82) is 0 Å². The molecule has 8 heteroatoms. The molecule has 5 nitrogen and oxygen atoms in total. The van der Waals surface area contributed by atoms with Gasteiger partial charge in [0.15, 0.2) is 16.6 Å². The van der Waals surface area contributed by atoms with E-state index in [1.807, 2.05) is 0 Å². The highest BCUT2D eigenvalue weighted by molar-refractivity contribution is 14.1. The van der Waals surface area contributed by atoms with Crippen molar-refractivity contribution in [1.82, 2.24) is 0 Å². The molecule has 4 atom stereocenters. The quantitative estimate of drug-likeness (QED) is 0.103.